The molecule has 0 atom stereocenters. The summed E-state index contributed by atoms with van der Waals surface area (Å²) in [4.78, 5) is 41.1. The Balaban J connectivity index is 0.997. The summed E-state index contributed by atoms with van der Waals surface area (Å²) >= 11 is 0. The van der Waals surface area contributed by atoms with Crippen LogP contribution in [0.3, 0.4) is 0 Å². The maximum Gasteiger partial charge on any atom is 0.411 e. The number of aliphatic hydroxyl groups excluding tert-OH is 1. The smallest absolute Gasteiger partial charge is 0.411 e. The minimum absolute atomic E-state index is 0.0420. The number of ketones is 1. The fourth-order valence-corrected chi connectivity index (χ4v) is 6.86. The van der Waals surface area contributed by atoms with E-state index in [0.29, 0.717) is 55.8 Å². The lowest BCUT2D eigenvalue weighted by molar-refractivity contribution is 0.0593. The highest BCUT2D eigenvalue weighted by atomic mass is 16.6. The molecule has 0 radical (unpaired) electrons. The van der Waals surface area contributed by atoms with Crippen molar-refractivity contribution in [2.24, 2.45) is 0 Å². The number of piperidine rings is 1. The lowest BCUT2D eigenvalue weighted by Gasteiger charge is -2.31. The van der Waals surface area contributed by atoms with E-state index >= 15 is 0 Å². The first kappa shape index (κ1) is 39.1. The summed E-state index contributed by atoms with van der Waals surface area (Å²) in [5, 5.41) is 21.0. The molecule has 0 aliphatic carbocycles. The van der Waals surface area contributed by atoms with E-state index in [-0.39, 0.29) is 30.9 Å². The summed E-state index contributed by atoms with van der Waals surface area (Å²) in [7, 11) is 0. The third kappa shape index (κ3) is 11.0. The van der Waals surface area contributed by atoms with E-state index in [9.17, 15) is 14.4 Å². The van der Waals surface area contributed by atoms with E-state index in [0.717, 1.165) is 53.0 Å². The average Bonchev–Trinajstić information content (AvgIpc) is 3.23. The number of hydrogen-bond donors (Lipinski definition) is 5. The molecule has 0 bridgehead atoms. The minimum atomic E-state index is -0.473. The molecule has 1 fully saturated rings. The molecule has 0 saturated carbocycles. The molecule has 0 spiro atoms. The van der Waals surface area contributed by atoms with Gasteiger partial charge in [-0.1, -0.05) is 109 Å². The first-order chi connectivity index (χ1) is 27.0. The Labute approximate surface area is 322 Å². The molecule has 0 unspecified atom stereocenters. The van der Waals surface area contributed by atoms with Crippen molar-refractivity contribution in [3.05, 3.63) is 139 Å². The van der Waals surface area contributed by atoms with Gasteiger partial charge < -0.3 is 30.7 Å². The molecule has 0 aromatic heterocycles. The van der Waals surface area contributed by atoms with Gasteiger partial charge >= 0.3 is 6.09 Å². The van der Waals surface area contributed by atoms with Crippen LogP contribution in [0, 0.1) is 0 Å². The number of nitrogens with zero attached hydrogens (tertiary/aromatic N) is 1. The normalized spacial score (nSPS) is 13.3. The van der Waals surface area contributed by atoms with Crippen LogP contribution >= 0.6 is 0 Å². The van der Waals surface area contributed by atoms with Gasteiger partial charge in [-0.05, 0) is 58.9 Å². The van der Waals surface area contributed by atoms with Crippen LogP contribution in [0.25, 0.3) is 33.4 Å². The van der Waals surface area contributed by atoms with Gasteiger partial charge in [-0.3, -0.25) is 14.9 Å². The van der Waals surface area contributed by atoms with E-state index in [2.05, 4.69) is 68.6 Å². The summed E-state index contributed by atoms with van der Waals surface area (Å²) in [6.45, 7) is 4.59. The van der Waals surface area contributed by atoms with Crippen molar-refractivity contribution in [3.8, 4) is 33.4 Å². The number of Topliss-reactive ketones (excluding diaryl/α,β-unsaturated/α-hetero) is 1. The van der Waals surface area contributed by atoms with Crippen LogP contribution in [0.15, 0.2) is 127 Å². The van der Waals surface area contributed by atoms with E-state index in [1.807, 2.05) is 60.7 Å². The predicted molar refractivity (Wildman–Crippen MR) is 218 cm³/mol. The highest BCUT2D eigenvalue weighted by Crippen LogP contribution is 2.42. The molecule has 55 heavy (non-hydrogen) atoms. The molecule has 6 rings (SSSR count). The van der Waals surface area contributed by atoms with E-state index in [1.54, 1.807) is 24.3 Å². The summed E-state index contributed by atoms with van der Waals surface area (Å²) in [5.41, 5.74) is 7.78. The molecular formula is C45H49N5O5. The van der Waals surface area contributed by atoms with Crippen molar-refractivity contribution in [3.63, 3.8) is 0 Å². The van der Waals surface area contributed by atoms with Gasteiger partial charge in [-0.15, -0.1) is 0 Å². The van der Waals surface area contributed by atoms with Crippen LogP contribution in [-0.2, 0) is 4.74 Å². The Morgan fingerprint density at radius 2 is 1.29 bits per heavy atom. The van der Waals surface area contributed by atoms with Gasteiger partial charge in [-0.25, -0.2) is 4.79 Å². The van der Waals surface area contributed by atoms with Crippen LogP contribution in [0.2, 0.25) is 0 Å². The molecule has 1 aliphatic heterocycles. The van der Waals surface area contributed by atoms with Crippen molar-refractivity contribution in [2.75, 3.05) is 64.3 Å². The SMILES string of the molecule is O=C(Nc1cccc(-c2ccccc2)c1-c1ccccc1-c1ccccc1)OC1CCN(CCNCC(=O)c2cccc(C(=O)NCCNCCO)c2)CC1. The number of benzene rings is 5. The van der Waals surface area contributed by atoms with Crippen molar-refractivity contribution < 1.29 is 24.2 Å². The first-order valence-corrected chi connectivity index (χ1v) is 19.0. The third-order valence-corrected chi connectivity index (χ3v) is 9.69. The fraction of sp³-hybridized carbons (Fsp3) is 0.267. The Morgan fingerprint density at radius 1 is 0.655 bits per heavy atom. The van der Waals surface area contributed by atoms with Crippen LogP contribution < -0.4 is 21.3 Å². The third-order valence-electron chi connectivity index (χ3n) is 9.69. The van der Waals surface area contributed by atoms with Crippen molar-refractivity contribution >= 4 is 23.5 Å². The van der Waals surface area contributed by atoms with Gasteiger partial charge in [0.1, 0.15) is 6.10 Å². The maximum atomic E-state index is 13.5. The molecule has 2 amide bonds. The number of rotatable bonds is 17. The van der Waals surface area contributed by atoms with Gasteiger partial charge in [0.25, 0.3) is 5.91 Å². The molecular weight excluding hydrogens is 691 g/mol. The van der Waals surface area contributed by atoms with Crippen molar-refractivity contribution in [1.29, 1.82) is 0 Å². The number of carbonyl (C=O) groups is 3. The average molecular weight is 740 g/mol. The van der Waals surface area contributed by atoms with Crippen molar-refractivity contribution in [1.82, 2.24) is 20.9 Å². The molecule has 5 N–H and O–H groups in total. The monoisotopic (exact) mass is 739 g/mol. The van der Waals surface area contributed by atoms with Crippen LogP contribution in [0.4, 0.5) is 10.5 Å². The van der Waals surface area contributed by atoms with Gasteiger partial charge in [0, 0.05) is 62.5 Å². The minimum Gasteiger partial charge on any atom is -0.446 e. The van der Waals surface area contributed by atoms with Crippen molar-refractivity contribution in [2.45, 2.75) is 18.9 Å². The second kappa shape index (κ2) is 20.1. The summed E-state index contributed by atoms with van der Waals surface area (Å²) in [5.74, 6) is -0.330. The number of nitrogens with one attached hydrogen (secondary N) is 4. The molecule has 1 saturated heterocycles. The predicted octanol–water partition coefficient (Wildman–Crippen LogP) is 6.48. The van der Waals surface area contributed by atoms with E-state index in [1.165, 1.54) is 0 Å². The zero-order valence-electron chi connectivity index (χ0n) is 31.0. The van der Waals surface area contributed by atoms with Gasteiger partial charge in [0.05, 0.1) is 18.8 Å². The lowest BCUT2D eigenvalue weighted by Crippen LogP contribution is -2.42. The molecule has 1 aliphatic rings. The standard InChI is InChI=1S/C45H49N5O5/c51-30-26-46-23-24-48-44(53)36-16-9-15-35(31-36)42(52)32-47-25-29-50-27-21-37(22-28-50)55-45(54)49-41-20-10-19-39(34-13-5-2-6-14-34)43(41)40-18-8-7-17-38(40)33-11-3-1-4-12-33/h1-20,31,37,46-47,51H,21-30,32H2,(H,48,53)(H,49,54). The number of anilines is 1. The van der Waals surface area contributed by atoms with Gasteiger partial charge in [0.2, 0.25) is 0 Å². The largest absolute Gasteiger partial charge is 0.446 e. The van der Waals surface area contributed by atoms with Crippen LogP contribution in [-0.4, -0.2) is 92.9 Å². The molecule has 10 nitrogen and oxygen atoms in total. The zero-order chi connectivity index (χ0) is 38.2. The molecule has 10 heteroatoms. The number of amides is 2. The second-order valence-corrected chi connectivity index (χ2v) is 13.5. The fourth-order valence-electron chi connectivity index (χ4n) is 6.86. The Kier molecular flexibility index (Phi) is 14.3. The Hall–Kier alpha value is -5.65. The number of carbonyl (C=O) groups excluding carboxylic acids is 3. The van der Waals surface area contributed by atoms with Gasteiger partial charge in [0.15, 0.2) is 5.78 Å². The Morgan fingerprint density at radius 3 is 2.02 bits per heavy atom. The van der Waals surface area contributed by atoms with E-state index < -0.39 is 6.09 Å². The molecule has 284 valence electrons. The summed E-state index contributed by atoms with van der Waals surface area (Å²) in [6, 6.07) is 41.5. The molecule has 1 heterocycles. The highest BCUT2D eigenvalue weighted by molar-refractivity contribution is 6.02. The topological polar surface area (TPSA) is 132 Å². The van der Waals surface area contributed by atoms with E-state index in [4.69, 9.17) is 9.84 Å². The highest BCUT2D eigenvalue weighted by Gasteiger charge is 2.24. The zero-order valence-corrected chi connectivity index (χ0v) is 31.0. The summed E-state index contributed by atoms with van der Waals surface area (Å²) < 4.78 is 5.99. The molecule has 5 aromatic rings. The van der Waals surface area contributed by atoms with Crippen LogP contribution in [0.1, 0.15) is 33.6 Å². The van der Waals surface area contributed by atoms with Crippen LogP contribution in [0.5, 0.6) is 0 Å². The second-order valence-electron chi connectivity index (χ2n) is 13.5. The number of hydrogen-bond acceptors (Lipinski definition) is 8. The Bertz CT molecular complexity index is 2020. The maximum absolute atomic E-state index is 13.5. The number of likely N-dealkylation sites (tertiary alicyclic amines) is 1. The number of ether oxygens (including phenoxy) is 1. The van der Waals surface area contributed by atoms with Gasteiger partial charge in [-0.2, -0.15) is 0 Å². The first-order valence-electron chi connectivity index (χ1n) is 19.0. The number of aliphatic hydroxyl groups is 1. The molecule has 5 aromatic carbocycles. The summed E-state index contributed by atoms with van der Waals surface area (Å²) in [6.07, 6.45) is 0.752. The lowest BCUT2D eigenvalue weighted by atomic mass is 9.88. The quantitative estimate of drug-likeness (QED) is 0.0541.